The predicted molar refractivity (Wildman–Crippen MR) is 61.9 cm³/mol. The van der Waals surface area contributed by atoms with Gasteiger partial charge in [-0.15, -0.1) is 0 Å². The van der Waals surface area contributed by atoms with Crippen molar-refractivity contribution in [1.29, 1.82) is 0 Å². The Morgan fingerprint density at radius 2 is 2.47 bits per heavy atom. The molecule has 5 nitrogen and oxygen atoms in total. The molecule has 0 amide bonds. The summed E-state index contributed by atoms with van der Waals surface area (Å²) in [7, 11) is 0. The zero-order valence-electron chi connectivity index (χ0n) is 8.16. The van der Waals surface area contributed by atoms with Crippen molar-refractivity contribution in [2.75, 3.05) is 11.9 Å². The molecule has 1 N–H and O–H groups in total. The number of pyridine rings is 1. The molecule has 0 saturated heterocycles. The van der Waals surface area contributed by atoms with Crippen molar-refractivity contribution in [2.45, 2.75) is 6.92 Å². The normalized spacial score (nSPS) is 9.73. The maximum absolute atomic E-state index is 10.4. The maximum Gasteiger partial charge on any atom is 0.288 e. The molecule has 0 aliphatic heterocycles. The third-order valence-corrected chi connectivity index (χ3v) is 2.20. The summed E-state index contributed by atoms with van der Waals surface area (Å²) in [6.45, 7) is 6.20. The molecule has 0 radical (unpaired) electrons. The van der Waals surface area contributed by atoms with Gasteiger partial charge in [0.1, 0.15) is 12.0 Å². The second-order valence-corrected chi connectivity index (χ2v) is 3.95. The number of hydrogen-bond acceptors (Lipinski definition) is 4. The number of hydrogen-bond donors (Lipinski definition) is 1. The lowest BCUT2D eigenvalue weighted by molar-refractivity contribution is -0.385. The Bertz CT molecular complexity index is 406. The first kappa shape index (κ1) is 11.6. The second-order valence-electron chi connectivity index (χ2n) is 3.09. The molecule has 0 aromatic carbocycles. The van der Waals surface area contributed by atoms with Gasteiger partial charge in [0.2, 0.25) is 0 Å². The van der Waals surface area contributed by atoms with E-state index in [2.05, 4.69) is 32.8 Å². The molecule has 0 unspecified atom stereocenters. The minimum atomic E-state index is -0.486. The van der Waals surface area contributed by atoms with E-state index >= 15 is 0 Å². The Morgan fingerprint density at radius 1 is 1.80 bits per heavy atom. The van der Waals surface area contributed by atoms with Crippen molar-refractivity contribution in [2.24, 2.45) is 0 Å². The summed E-state index contributed by atoms with van der Waals surface area (Å²) in [6, 6.07) is 1.41. The summed E-state index contributed by atoms with van der Waals surface area (Å²) >= 11 is 3.21. The number of rotatable bonds is 4. The first-order valence-electron chi connectivity index (χ1n) is 4.19. The zero-order chi connectivity index (χ0) is 11.4. The van der Waals surface area contributed by atoms with E-state index in [9.17, 15) is 10.1 Å². The summed E-state index contributed by atoms with van der Waals surface area (Å²) < 4.78 is 0.568. The SMILES string of the molecule is C=C(C)CNc1ncc([N+](=O)[O-])cc1Br. The van der Waals surface area contributed by atoms with E-state index in [0.717, 1.165) is 5.57 Å². The summed E-state index contributed by atoms with van der Waals surface area (Å²) in [4.78, 5) is 13.9. The highest BCUT2D eigenvalue weighted by atomic mass is 79.9. The lowest BCUT2D eigenvalue weighted by Gasteiger charge is -2.06. The smallest absolute Gasteiger partial charge is 0.288 e. The molecule has 1 rings (SSSR count). The van der Waals surface area contributed by atoms with E-state index in [1.54, 1.807) is 0 Å². The largest absolute Gasteiger partial charge is 0.365 e. The topological polar surface area (TPSA) is 68.1 Å². The number of nitrogens with zero attached hydrogens (tertiary/aromatic N) is 2. The molecular weight excluding hydrogens is 262 g/mol. The Labute approximate surface area is 95.5 Å². The van der Waals surface area contributed by atoms with Gasteiger partial charge in [0.15, 0.2) is 0 Å². The lowest BCUT2D eigenvalue weighted by atomic mass is 10.3. The highest BCUT2D eigenvalue weighted by Gasteiger charge is 2.09. The zero-order valence-corrected chi connectivity index (χ0v) is 9.74. The number of aromatic nitrogens is 1. The van der Waals surface area contributed by atoms with Gasteiger partial charge in [0.05, 0.1) is 9.40 Å². The van der Waals surface area contributed by atoms with Crippen LogP contribution in [0.1, 0.15) is 6.92 Å². The van der Waals surface area contributed by atoms with E-state index in [0.29, 0.717) is 16.8 Å². The van der Waals surface area contributed by atoms with Crippen LogP contribution in [0.4, 0.5) is 11.5 Å². The molecule has 0 saturated carbocycles. The van der Waals surface area contributed by atoms with Gasteiger partial charge in [0.25, 0.3) is 5.69 Å². The van der Waals surface area contributed by atoms with Gasteiger partial charge in [-0.1, -0.05) is 12.2 Å². The minimum absolute atomic E-state index is 0.0391. The quantitative estimate of drug-likeness (QED) is 0.520. The Balaban J connectivity index is 2.83. The first-order chi connectivity index (χ1) is 7.00. The summed E-state index contributed by atoms with van der Waals surface area (Å²) in [5.74, 6) is 0.573. The van der Waals surface area contributed by atoms with Crippen LogP contribution in [0.25, 0.3) is 0 Å². The number of nitrogens with one attached hydrogen (secondary N) is 1. The van der Waals surface area contributed by atoms with Gasteiger partial charge in [-0.25, -0.2) is 4.98 Å². The lowest BCUT2D eigenvalue weighted by Crippen LogP contribution is -2.04. The maximum atomic E-state index is 10.4. The summed E-state index contributed by atoms with van der Waals surface area (Å²) in [5, 5.41) is 13.4. The van der Waals surface area contributed by atoms with Gasteiger partial charge < -0.3 is 5.32 Å². The monoisotopic (exact) mass is 271 g/mol. The Morgan fingerprint density at radius 3 is 2.93 bits per heavy atom. The number of anilines is 1. The molecule has 1 heterocycles. The number of halogens is 1. The molecule has 0 spiro atoms. The minimum Gasteiger partial charge on any atom is -0.365 e. The highest BCUT2D eigenvalue weighted by molar-refractivity contribution is 9.10. The molecule has 1 aromatic rings. The van der Waals surface area contributed by atoms with Crippen molar-refractivity contribution < 1.29 is 4.92 Å². The standard InChI is InChI=1S/C9H10BrN3O2/c1-6(2)4-11-9-8(10)3-7(5-12-9)13(14)15/h3,5H,1,4H2,2H3,(H,11,12). The van der Waals surface area contributed by atoms with Crippen molar-refractivity contribution in [3.8, 4) is 0 Å². The molecule has 0 bridgehead atoms. The highest BCUT2D eigenvalue weighted by Crippen LogP contribution is 2.24. The number of nitro groups is 1. The average Bonchev–Trinajstić information content (AvgIpc) is 2.15. The van der Waals surface area contributed by atoms with Crippen LogP contribution < -0.4 is 5.32 Å². The third kappa shape index (κ3) is 3.32. The van der Waals surface area contributed by atoms with Gasteiger partial charge in [-0.05, 0) is 22.9 Å². The van der Waals surface area contributed by atoms with E-state index in [-0.39, 0.29) is 5.69 Å². The van der Waals surface area contributed by atoms with Crippen LogP contribution in [0.3, 0.4) is 0 Å². The summed E-state index contributed by atoms with van der Waals surface area (Å²) in [6.07, 6.45) is 1.21. The fourth-order valence-electron chi connectivity index (χ4n) is 0.892. The first-order valence-corrected chi connectivity index (χ1v) is 4.98. The van der Waals surface area contributed by atoms with Crippen LogP contribution in [0.2, 0.25) is 0 Å². The van der Waals surface area contributed by atoms with E-state index in [1.807, 2.05) is 6.92 Å². The third-order valence-electron chi connectivity index (χ3n) is 1.60. The molecule has 0 aliphatic carbocycles. The van der Waals surface area contributed by atoms with Crippen LogP contribution in [0, 0.1) is 10.1 Å². The molecular formula is C9H10BrN3O2. The Hall–Kier alpha value is -1.43. The van der Waals surface area contributed by atoms with E-state index < -0.39 is 4.92 Å². The van der Waals surface area contributed by atoms with E-state index in [4.69, 9.17) is 0 Å². The molecule has 0 fully saturated rings. The molecule has 15 heavy (non-hydrogen) atoms. The average molecular weight is 272 g/mol. The van der Waals surface area contributed by atoms with Gasteiger partial charge in [0, 0.05) is 12.6 Å². The van der Waals surface area contributed by atoms with Crippen LogP contribution >= 0.6 is 15.9 Å². The molecule has 1 aromatic heterocycles. The fourth-order valence-corrected chi connectivity index (χ4v) is 1.37. The Kier molecular flexibility index (Phi) is 3.79. The van der Waals surface area contributed by atoms with Crippen LogP contribution in [-0.2, 0) is 0 Å². The molecule has 0 aliphatic rings. The van der Waals surface area contributed by atoms with Crippen molar-refractivity contribution in [3.05, 3.63) is 39.0 Å². The van der Waals surface area contributed by atoms with Gasteiger partial charge >= 0.3 is 0 Å². The van der Waals surface area contributed by atoms with Crippen LogP contribution in [0.15, 0.2) is 28.9 Å². The molecule has 80 valence electrons. The predicted octanol–water partition coefficient (Wildman–Crippen LogP) is 2.74. The second kappa shape index (κ2) is 4.88. The van der Waals surface area contributed by atoms with Crippen LogP contribution in [0.5, 0.6) is 0 Å². The van der Waals surface area contributed by atoms with Gasteiger partial charge in [-0.3, -0.25) is 10.1 Å². The van der Waals surface area contributed by atoms with Crippen molar-refractivity contribution >= 4 is 27.4 Å². The summed E-state index contributed by atoms with van der Waals surface area (Å²) in [5.41, 5.74) is 0.921. The van der Waals surface area contributed by atoms with Crippen molar-refractivity contribution in [1.82, 2.24) is 4.98 Å². The molecule has 6 heteroatoms. The van der Waals surface area contributed by atoms with Crippen molar-refractivity contribution in [3.63, 3.8) is 0 Å². The van der Waals surface area contributed by atoms with E-state index in [1.165, 1.54) is 12.3 Å². The van der Waals surface area contributed by atoms with Gasteiger partial charge in [-0.2, -0.15) is 0 Å². The molecule has 0 atom stereocenters. The fraction of sp³-hybridized carbons (Fsp3) is 0.222. The van der Waals surface area contributed by atoms with Crippen LogP contribution in [-0.4, -0.2) is 16.5 Å².